The monoisotopic (exact) mass is 496 g/mol. The van der Waals surface area contributed by atoms with Crippen LogP contribution < -0.4 is 20.1 Å². The number of amides is 2. The lowest BCUT2D eigenvalue weighted by Crippen LogP contribution is -2.23. The number of aromatic hydroxyl groups is 1. The summed E-state index contributed by atoms with van der Waals surface area (Å²) >= 11 is 0. The molecule has 37 heavy (non-hydrogen) atoms. The molecule has 0 aliphatic rings. The predicted molar refractivity (Wildman–Crippen MR) is 142 cm³/mol. The molecule has 0 radical (unpaired) electrons. The van der Waals surface area contributed by atoms with Crippen LogP contribution in [0, 0.1) is 6.92 Å². The van der Waals surface area contributed by atoms with E-state index in [1.54, 1.807) is 30.3 Å². The first-order valence-corrected chi connectivity index (χ1v) is 11.8. The second-order valence-electron chi connectivity index (χ2n) is 8.45. The topological polar surface area (TPSA) is 96.9 Å². The van der Waals surface area contributed by atoms with Gasteiger partial charge in [0.25, 0.3) is 11.8 Å². The normalized spacial score (nSPS) is 10.4. The summed E-state index contributed by atoms with van der Waals surface area (Å²) < 4.78 is 11.4. The zero-order chi connectivity index (χ0) is 26.2. The van der Waals surface area contributed by atoms with Crippen molar-refractivity contribution in [2.24, 2.45) is 0 Å². The molecule has 0 unspecified atom stereocenters. The standard InChI is InChI=1S/C30H28N2O5/c1-20-12-13-23(27(16-20)37-19-21-8-4-3-5-9-21)18-31-29(34)22-14-15-25(28(17-22)36-2)32-30(35)24-10-6-7-11-26(24)33/h3-17,33H,18-19H2,1-2H3,(H,31,34)(H,32,35). The molecule has 7 heteroatoms. The first-order valence-electron chi connectivity index (χ1n) is 11.8. The van der Waals surface area contributed by atoms with Crippen LogP contribution in [0.4, 0.5) is 5.69 Å². The molecule has 0 spiro atoms. The van der Waals surface area contributed by atoms with Crippen LogP contribution in [-0.2, 0) is 13.2 Å². The zero-order valence-electron chi connectivity index (χ0n) is 20.7. The lowest BCUT2D eigenvalue weighted by molar-refractivity contribution is 0.0949. The molecule has 4 aromatic carbocycles. The second kappa shape index (κ2) is 11.8. The Bertz CT molecular complexity index is 1400. The molecule has 0 aliphatic heterocycles. The Hall–Kier alpha value is -4.78. The van der Waals surface area contributed by atoms with Gasteiger partial charge in [-0.1, -0.05) is 54.6 Å². The van der Waals surface area contributed by atoms with Gasteiger partial charge in [-0.2, -0.15) is 0 Å². The number of ether oxygens (including phenoxy) is 2. The summed E-state index contributed by atoms with van der Waals surface area (Å²) in [5.41, 5.74) is 3.85. The smallest absolute Gasteiger partial charge is 0.259 e. The fourth-order valence-electron chi connectivity index (χ4n) is 3.75. The van der Waals surface area contributed by atoms with Crippen LogP contribution in [0.5, 0.6) is 17.2 Å². The van der Waals surface area contributed by atoms with E-state index in [0.29, 0.717) is 29.4 Å². The van der Waals surface area contributed by atoms with Crippen LogP contribution in [-0.4, -0.2) is 24.0 Å². The fourth-order valence-corrected chi connectivity index (χ4v) is 3.75. The van der Waals surface area contributed by atoms with Crippen LogP contribution in [0.3, 0.4) is 0 Å². The Labute approximate surface area is 215 Å². The Morgan fingerprint density at radius 3 is 2.35 bits per heavy atom. The maximum atomic E-state index is 12.9. The maximum absolute atomic E-state index is 12.9. The van der Waals surface area contributed by atoms with Crippen molar-refractivity contribution in [1.29, 1.82) is 0 Å². The van der Waals surface area contributed by atoms with Gasteiger partial charge in [0.05, 0.1) is 18.4 Å². The van der Waals surface area contributed by atoms with Gasteiger partial charge in [-0.25, -0.2) is 0 Å². The number of rotatable bonds is 9. The molecule has 0 aliphatic carbocycles. The quantitative estimate of drug-likeness (QED) is 0.286. The number of aryl methyl sites for hydroxylation is 1. The van der Waals surface area contributed by atoms with Gasteiger partial charge in [0, 0.05) is 17.7 Å². The van der Waals surface area contributed by atoms with Crippen molar-refractivity contribution in [2.75, 3.05) is 12.4 Å². The third-order valence-electron chi connectivity index (χ3n) is 5.76. The van der Waals surface area contributed by atoms with Crippen molar-refractivity contribution >= 4 is 17.5 Å². The summed E-state index contributed by atoms with van der Waals surface area (Å²) in [6, 6.07) is 26.7. The highest BCUT2D eigenvalue weighted by atomic mass is 16.5. The van der Waals surface area contributed by atoms with E-state index in [1.165, 1.54) is 19.2 Å². The average Bonchev–Trinajstić information content (AvgIpc) is 2.92. The van der Waals surface area contributed by atoms with Crippen molar-refractivity contribution < 1.29 is 24.2 Å². The first kappa shape index (κ1) is 25.3. The summed E-state index contributed by atoms with van der Waals surface area (Å²) in [6.45, 7) is 2.69. The molecular formula is C30H28N2O5. The fraction of sp³-hybridized carbons (Fsp3) is 0.133. The SMILES string of the molecule is COc1cc(C(=O)NCc2ccc(C)cc2OCc2ccccc2)ccc1NC(=O)c1ccccc1O. The third kappa shape index (κ3) is 6.46. The average molecular weight is 497 g/mol. The van der Waals surface area contributed by atoms with Crippen molar-refractivity contribution in [1.82, 2.24) is 5.32 Å². The van der Waals surface area contributed by atoms with Gasteiger partial charge in [0.15, 0.2) is 0 Å². The molecule has 188 valence electrons. The number of phenolic OH excluding ortho intramolecular Hbond substituents is 1. The van der Waals surface area contributed by atoms with Crippen molar-refractivity contribution in [3.63, 3.8) is 0 Å². The summed E-state index contributed by atoms with van der Waals surface area (Å²) in [4.78, 5) is 25.5. The number of para-hydroxylation sites is 1. The molecule has 4 aromatic rings. The van der Waals surface area contributed by atoms with E-state index in [2.05, 4.69) is 10.6 Å². The molecule has 0 bridgehead atoms. The third-order valence-corrected chi connectivity index (χ3v) is 5.76. The zero-order valence-corrected chi connectivity index (χ0v) is 20.7. The van der Waals surface area contributed by atoms with Crippen LogP contribution >= 0.6 is 0 Å². The van der Waals surface area contributed by atoms with E-state index in [-0.39, 0.29) is 23.8 Å². The maximum Gasteiger partial charge on any atom is 0.259 e. The molecule has 0 heterocycles. The summed E-state index contributed by atoms with van der Waals surface area (Å²) in [6.07, 6.45) is 0. The van der Waals surface area contributed by atoms with Crippen LogP contribution in [0.1, 0.15) is 37.4 Å². The number of carbonyl (C=O) groups excluding carboxylic acids is 2. The second-order valence-corrected chi connectivity index (χ2v) is 8.45. The van der Waals surface area contributed by atoms with Gasteiger partial charge in [-0.05, 0) is 54.4 Å². The molecule has 0 saturated carbocycles. The van der Waals surface area contributed by atoms with E-state index in [4.69, 9.17) is 9.47 Å². The lowest BCUT2D eigenvalue weighted by Gasteiger charge is -2.15. The van der Waals surface area contributed by atoms with Gasteiger partial charge in [0.1, 0.15) is 23.9 Å². The van der Waals surface area contributed by atoms with Crippen LogP contribution in [0.25, 0.3) is 0 Å². The minimum Gasteiger partial charge on any atom is -0.507 e. The summed E-state index contributed by atoms with van der Waals surface area (Å²) in [7, 11) is 1.45. The van der Waals surface area contributed by atoms with Gasteiger partial charge in [0.2, 0.25) is 0 Å². The number of nitrogens with one attached hydrogen (secondary N) is 2. The number of methoxy groups -OCH3 is 1. The molecule has 7 nitrogen and oxygen atoms in total. The minimum absolute atomic E-state index is 0.127. The van der Waals surface area contributed by atoms with E-state index in [9.17, 15) is 14.7 Å². The summed E-state index contributed by atoms with van der Waals surface area (Å²) in [5.74, 6) is 0.114. The van der Waals surface area contributed by atoms with E-state index in [1.807, 2.05) is 55.5 Å². The van der Waals surface area contributed by atoms with Crippen molar-refractivity contribution in [2.45, 2.75) is 20.1 Å². The highest BCUT2D eigenvalue weighted by molar-refractivity contribution is 6.07. The Balaban J connectivity index is 1.43. The number of anilines is 1. The molecule has 4 rings (SSSR count). The Morgan fingerprint density at radius 2 is 1.59 bits per heavy atom. The van der Waals surface area contributed by atoms with E-state index >= 15 is 0 Å². The number of benzene rings is 4. The molecule has 2 amide bonds. The molecule has 0 fully saturated rings. The van der Waals surface area contributed by atoms with Crippen LogP contribution in [0.15, 0.2) is 91.0 Å². The Kier molecular flexibility index (Phi) is 8.05. The Morgan fingerprint density at radius 1 is 0.838 bits per heavy atom. The largest absolute Gasteiger partial charge is 0.507 e. The number of hydrogen-bond donors (Lipinski definition) is 3. The highest BCUT2D eigenvalue weighted by Gasteiger charge is 2.16. The summed E-state index contributed by atoms with van der Waals surface area (Å²) in [5, 5.41) is 15.6. The van der Waals surface area contributed by atoms with Crippen LogP contribution in [0.2, 0.25) is 0 Å². The predicted octanol–water partition coefficient (Wildman–Crippen LogP) is 5.47. The van der Waals surface area contributed by atoms with Crippen molar-refractivity contribution in [3.8, 4) is 17.2 Å². The number of phenols is 1. The number of carbonyl (C=O) groups is 2. The highest BCUT2D eigenvalue weighted by Crippen LogP contribution is 2.28. The van der Waals surface area contributed by atoms with Crippen molar-refractivity contribution in [3.05, 3.63) is 119 Å². The lowest BCUT2D eigenvalue weighted by atomic mass is 10.1. The number of hydrogen-bond acceptors (Lipinski definition) is 5. The van der Waals surface area contributed by atoms with Gasteiger partial charge >= 0.3 is 0 Å². The minimum atomic E-state index is -0.490. The molecule has 0 aromatic heterocycles. The van der Waals surface area contributed by atoms with E-state index in [0.717, 1.165) is 16.7 Å². The molecule has 0 atom stereocenters. The first-order chi connectivity index (χ1) is 17.9. The molecule has 3 N–H and O–H groups in total. The molecular weight excluding hydrogens is 468 g/mol. The molecule has 0 saturated heterocycles. The van der Waals surface area contributed by atoms with E-state index < -0.39 is 5.91 Å². The van der Waals surface area contributed by atoms with Gasteiger partial charge in [-0.3, -0.25) is 9.59 Å². The van der Waals surface area contributed by atoms with Gasteiger partial charge in [-0.15, -0.1) is 0 Å². The van der Waals surface area contributed by atoms with Gasteiger partial charge < -0.3 is 25.2 Å².